The quantitative estimate of drug-likeness (QED) is 0.625. The molecular weight excluding hydrogens is 278 g/mol. The third kappa shape index (κ3) is 3.06. The van der Waals surface area contributed by atoms with Crippen LogP contribution in [0, 0.1) is 34.5 Å². The van der Waals surface area contributed by atoms with Gasteiger partial charge in [0.25, 0.3) is 0 Å². The molecule has 0 aromatic heterocycles. The number of allylic oxidation sites excluding steroid dienone is 1. The molecule has 0 bridgehead atoms. The lowest BCUT2D eigenvalue weighted by Gasteiger charge is -2.61. The van der Waals surface area contributed by atoms with E-state index < -0.39 is 0 Å². The fourth-order valence-electron chi connectivity index (χ4n) is 6.66. The van der Waals surface area contributed by atoms with Crippen molar-refractivity contribution in [3.8, 4) is 0 Å². The lowest BCUT2D eigenvalue weighted by molar-refractivity contribution is -0.104. The van der Waals surface area contributed by atoms with E-state index in [0.29, 0.717) is 16.9 Å². The number of nitrogens with two attached hydrogens (primary N) is 1. The van der Waals surface area contributed by atoms with Crippen LogP contribution in [0.2, 0.25) is 0 Å². The molecule has 2 N–H and O–H groups in total. The fourth-order valence-corrected chi connectivity index (χ4v) is 6.66. The Morgan fingerprint density at radius 1 is 1.09 bits per heavy atom. The predicted octanol–water partition coefficient (Wildman–Crippen LogP) is 5.96. The molecule has 0 amide bonds. The van der Waals surface area contributed by atoms with Gasteiger partial charge in [-0.15, -0.1) is 19.7 Å². The lowest BCUT2D eigenvalue weighted by atomic mass is 9.44. The lowest BCUT2D eigenvalue weighted by Crippen LogP contribution is -2.54. The van der Waals surface area contributed by atoms with E-state index in [2.05, 4.69) is 46.6 Å². The van der Waals surface area contributed by atoms with Crippen molar-refractivity contribution in [2.75, 3.05) is 0 Å². The molecule has 0 saturated heterocycles. The second kappa shape index (κ2) is 7.13. The monoisotopic (exact) mass is 317 g/mol. The summed E-state index contributed by atoms with van der Waals surface area (Å²) in [6.45, 7) is 17.7. The Kier molecular flexibility index (Phi) is 5.82. The maximum Gasteiger partial charge on any atom is 0.00418 e. The standard InChI is InChI=1S/C20H35N.C2H4/c1-5-17-16-8-7-14-13-15(21)9-12-20(14,4)18(16)10-11-19(17,3)6-2;1-2/h6,14-18H,2,5,7-13,21H2,1,3-4H3;1-2H2/t14-,15?,16?,17?,18?,19?,20?;/m0./s1. The highest BCUT2D eigenvalue weighted by Crippen LogP contribution is 2.63. The summed E-state index contributed by atoms with van der Waals surface area (Å²) >= 11 is 0. The highest BCUT2D eigenvalue weighted by Gasteiger charge is 2.55. The molecule has 7 atom stereocenters. The Bertz CT molecular complexity index is 416. The molecule has 23 heavy (non-hydrogen) atoms. The third-order valence-electron chi connectivity index (χ3n) is 8.05. The fraction of sp³-hybridized carbons (Fsp3) is 0.818. The average molecular weight is 318 g/mol. The molecule has 0 radical (unpaired) electrons. The van der Waals surface area contributed by atoms with Crippen LogP contribution >= 0.6 is 0 Å². The van der Waals surface area contributed by atoms with Gasteiger partial charge in [-0.25, -0.2) is 0 Å². The van der Waals surface area contributed by atoms with Crippen LogP contribution in [0.15, 0.2) is 25.8 Å². The van der Waals surface area contributed by atoms with Gasteiger partial charge in [-0.1, -0.05) is 33.3 Å². The van der Waals surface area contributed by atoms with Crippen LogP contribution in [0.1, 0.15) is 72.1 Å². The van der Waals surface area contributed by atoms with E-state index in [-0.39, 0.29) is 0 Å². The second-order valence-corrected chi connectivity index (χ2v) is 8.85. The van der Waals surface area contributed by atoms with Crippen LogP contribution in [0.3, 0.4) is 0 Å². The van der Waals surface area contributed by atoms with E-state index in [4.69, 9.17) is 5.73 Å². The number of hydrogen-bond acceptors (Lipinski definition) is 1. The summed E-state index contributed by atoms with van der Waals surface area (Å²) in [6, 6.07) is 0.476. The second-order valence-electron chi connectivity index (χ2n) is 8.85. The van der Waals surface area contributed by atoms with Crippen LogP contribution in [0.5, 0.6) is 0 Å². The van der Waals surface area contributed by atoms with Crippen LogP contribution in [0.25, 0.3) is 0 Å². The molecule has 3 aliphatic rings. The van der Waals surface area contributed by atoms with Crippen molar-refractivity contribution in [2.45, 2.75) is 78.2 Å². The van der Waals surface area contributed by atoms with Gasteiger partial charge in [0.05, 0.1) is 0 Å². The molecule has 1 heteroatoms. The van der Waals surface area contributed by atoms with Crippen molar-refractivity contribution >= 4 is 0 Å². The first-order chi connectivity index (χ1) is 10.9. The molecule has 0 aromatic carbocycles. The molecule has 0 spiro atoms. The van der Waals surface area contributed by atoms with Gasteiger partial charge in [-0.05, 0) is 79.4 Å². The Morgan fingerprint density at radius 3 is 2.39 bits per heavy atom. The minimum atomic E-state index is 0.379. The average Bonchev–Trinajstić information content (AvgIpc) is 2.57. The molecule has 3 rings (SSSR count). The van der Waals surface area contributed by atoms with E-state index in [0.717, 1.165) is 23.7 Å². The molecule has 3 saturated carbocycles. The molecule has 0 heterocycles. The molecule has 6 unspecified atom stereocenters. The molecular formula is C22H39N. The summed E-state index contributed by atoms with van der Waals surface area (Å²) in [5, 5.41) is 0. The molecule has 1 nitrogen and oxygen atoms in total. The summed E-state index contributed by atoms with van der Waals surface area (Å²) < 4.78 is 0. The molecule has 132 valence electrons. The van der Waals surface area contributed by atoms with E-state index >= 15 is 0 Å². The topological polar surface area (TPSA) is 26.0 Å². The van der Waals surface area contributed by atoms with Gasteiger partial charge in [-0.2, -0.15) is 0 Å². The first-order valence-corrected chi connectivity index (χ1v) is 9.83. The molecule has 0 aromatic rings. The van der Waals surface area contributed by atoms with Crippen LogP contribution < -0.4 is 5.73 Å². The largest absolute Gasteiger partial charge is 0.328 e. The number of fused-ring (bicyclic) bond motifs is 3. The normalized spacial score (nSPS) is 49.1. The number of rotatable bonds is 2. The van der Waals surface area contributed by atoms with Gasteiger partial charge < -0.3 is 5.73 Å². The van der Waals surface area contributed by atoms with Gasteiger partial charge in [-0.3, -0.25) is 0 Å². The summed E-state index contributed by atoms with van der Waals surface area (Å²) in [7, 11) is 0. The zero-order valence-electron chi connectivity index (χ0n) is 15.8. The molecule has 3 aliphatic carbocycles. The van der Waals surface area contributed by atoms with Crippen molar-refractivity contribution in [1.82, 2.24) is 0 Å². The Morgan fingerprint density at radius 2 is 1.78 bits per heavy atom. The predicted molar refractivity (Wildman–Crippen MR) is 102 cm³/mol. The SMILES string of the molecule is C=C.C=CC1(C)CCC2C(CC[C@H]3CC(N)CCC23C)C1CC. The van der Waals surface area contributed by atoms with E-state index in [9.17, 15) is 0 Å². The van der Waals surface area contributed by atoms with Crippen LogP contribution in [-0.4, -0.2) is 6.04 Å². The van der Waals surface area contributed by atoms with E-state index in [1.54, 1.807) is 0 Å². The van der Waals surface area contributed by atoms with Gasteiger partial charge >= 0.3 is 0 Å². The van der Waals surface area contributed by atoms with Crippen molar-refractivity contribution in [1.29, 1.82) is 0 Å². The van der Waals surface area contributed by atoms with Crippen LogP contribution in [-0.2, 0) is 0 Å². The minimum Gasteiger partial charge on any atom is -0.328 e. The van der Waals surface area contributed by atoms with Crippen molar-refractivity contribution in [2.24, 2.45) is 40.2 Å². The molecule has 0 aliphatic heterocycles. The third-order valence-corrected chi connectivity index (χ3v) is 8.05. The zero-order chi connectivity index (χ0) is 17.3. The van der Waals surface area contributed by atoms with Crippen LogP contribution in [0.4, 0.5) is 0 Å². The van der Waals surface area contributed by atoms with Gasteiger partial charge in [0.15, 0.2) is 0 Å². The van der Waals surface area contributed by atoms with Crippen molar-refractivity contribution < 1.29 is 0 Å². The van der Waals surface area contributed by atoms with Crippen molar-refractivity contribution in [3.05, 3.63) is 25.8 Å². The maximum atomic E-state index is 6.27. The highest BCUT2D eigenvalue weighted by molar-refractivity contribution is 5.09. The summed E-state index contributed by atoms with van der Waals surface area (Å²) in [4.78, 5) is 0. The highest BCUT2D eigenvalue weighted by atomic mass is 14.7. The van der Waals surface area contributed by atoms with Crippen molar-refractivity contribution in [3.63, 3.8) is 0 Å². The number of hydrogen-bond donors (Lipinski definition) is 1. The Balaban J connectivity index is 0.000000924. The smallest absolute Gasteiger partial charge is 0.00418 e. The van der Waals surface area contributed by atoms with Gasteiger partial charge in [0.2, 0.25) is 0 Å². The minimum absolute atomic E-state index is 0.379. The zero-order valence-corrected chi connectivity index (χ0v) is 15.8. The first-order valence-electron chi connectivity index (χ1n) is 9.83. The molecule has 3 fully saturated rings. The van der Waals surface area contributed by atoms with E-state index in [1.165, 1.54) is 51.4 Å². The first kappa shape index (κ1) is 18.8. The summed E-state index contributed by atoms with van der Waals surface area (Å²) in [5.74, 6) is 3.62. The Labute approximate surface area is 144 Å². The van der Waals surface area contributed by atoms with Gasteiger partial charge in [0.1, 0.15) is 0 Å². The Hall–Kier alpha value is -0.560. The van der Waals surface area contributed by atoms with Gasteiger partial charge in [0, 0.05) is 6.04 Å². The maximum absolute atomic E-state index is 6.27. The summed E-state index contributed by atoms with van der Waals surface area (Å²) in [5.41, 5.74) is 7.23. The summed E-state index contributed by atoms with van der Waals surface area (Å²) in [6.07, 6.45) is 13.2. The van der Waals surface area contributed by atoms with E-state index in [1.807, 2.05) is 0 Å².